The van der Waals surface area contributed by atoms with Gasteiger partial charge in [-0.25, -0.2) is 0 Å². The van der Waals surface area contributed by atoms with E-state index in [9.17, 15) is 10.2 Å². The van der Waals surface area contributed by atoms with Crippen LogP contribution in [0.3, 0.4) is 0 Å². The van der Waals surface area contributed by atoms with Crippen LogP contribution >= 0.6 is 0 Å². The standard InChI is InChI=1S/C59H92O4/c1-44(2)24-15-25-45(3)26-16-27-46(4)28-17-29-47(5)30-18-31-48(6)32-19-33-49(7)34-20-35-50(8)36-21-37-51(9)38-22-39-52(10)40-23-41-53(11)42-43-55-54(12)56(60)58(62-13)59(63-14)57(55)61/h24,26,28,30,32,34,36,38,40,42,60-61H,15-23,25,27,29,31,33,35,37,39,41,43H2,1-14H3/b45-26-,46-28+,47-30+,48-32+,49-34-,50-36+,51-38+,52-40-,53-42+. The van der Waals surface area contributed by atoms with Crippen molar-refractivity contribution in [3.05, 3.63) is 128 Å². The van der Waals surface area contributed by atoms with E-state index in [0.29, 0.717) is 17.5 Å². The first-order valence-electron chi connectivity index (χ1n) is 24.2. The molecule has 0 radical (unpaired) electrons. The molecular formula is C59H92O4. The molecule has 0 bridgehead atoms. The number of aromatic hydroxyl groups is 2. The van der Waals surface area contributed by atoms with E-state index in [0.717, 1.165) is 96.3 Å². The number of allylic oxidation sites excluding steroid dienone is 20. The van der Waals surface area contributed by atoms with Crippen molar-refractivity contribution >= 4 is 0 Å². The second kappa shape index (κ2) is 33.3. The number of methoxy groups -OCH3 is 2. The summed E-state index contributed by atoms with van der Waals surface area (Å²) in [5, 5.41) is 21.3. The molecule has 0 saturated heterocycles. The fourth-order valence-electron chi connectivity index (χ4n) is 7.62. The maximum Gasteiger partial charge on any atom is 0.207 e. The third-order valence-corrected chi connectivity index (χ3v) is 12.1. The summed E-state index contributed by atoms with van der Waals surface area (Å²) in [4.78, 5) is 0. The first kappa shape index (κ1) is 56.8. The maximum atomic E-state index is 10.7. The number of phenols is 2. The summed E-state index contributed by atoms with van der Waals surface area (Å²) in [7, 11) is 2.91. The quantitative estimate of drug-likeness (QED) is 0.0577. The Kier molecular flexibility index (Phi) is 30.1. The van der Waals surface area contributed by atoms with Crippen molar-refractivity contribution in [2.75, 3.05) is 14.2 Å². The van der Waals surface area contributed by atoms with E-state index in [-0.39, 0.29) is 23.0 Å². The lowest BCUT2D eigenvalue weighted by molar-refractivity contribution is 0.314. The van der Waals surface area contributed by atoms with Gasteiger partial charge in [0.1, 0.15) is 0 Å². The molecule has 352 valence electrons. The molecule has 0 aliphatic carbocycles. The highest BCUT2D eigenvalue weighted by Crippen LogP contribution is 2.48. The number of benzene rings is 1. The zero-order valence-electron chi connectivity index (χ0n) is 42.9. The van der Waals surface area contributed by atoms with Gasteiger partial charge in [0.05, 0.1) is 14.2 Å². The van der Waals surface area contributed by atoms with Crippen LogP contribution in [0.5, 0.6) is 23.0 Å². The largest absolute Gasteiger partial charge is 0.504 e. The van der Waals surface area contributed by atoms with Crippen LogP contribution in [0.15, 0.2) is 116 Å². The SMILES string of the molecule is COc1c(O)c(C)c(C/C=C(\C)CC/C=C(/C)CC/C=C(\C)CC/C=C(\C)CC/C=C(/C)CC/C=C(\C)CC/C=C(\C)CC/C=C(\C)CC/C=C(/C)CCC=C(C)C)c(O)c1OC. The van der Waals surface area contributed by atoms with Crippen molar-refractivity contribution in [2.45, 2.75) is 205 Å². The minimum absolute atomic E-state index is 0.00634. The Balaban J connectivity index is 2.32. The third kappa shape index (κ3) is 26.3. The summed E-state index contributed by atoms with van der Waals surface area (Å²) in [5.74, 6) is 0.356. The van der Waals surface area contributed by atoms with Crippen LogP contribution in [0.1, 0.15) is 203 Å². The first-order chi connectivity index (χ1) is 30.0. The lowest BCUT2D eigenvalue weighted by atomic mass is 9.99. The van der Waals surface area contributed by atoms with Crippen molar-refractivity contribution in [2.24, 2.45) is 0 Å². The van der Waals surface area contributed by atoms with Crippen LogP contribution in [0, 0.1) is 6.92 Å². The zero-order valence-corrected chi connectivity index (χ0v) is 42.9. The van der Waals surface area contributed by atoms with Gasteiger partial charge in [-0.05, 0) is 205 Å². The van der Waals surface area contributed by atoms with Crippen LogP contribution in [-0.4, -0.2) is 24.4 Å². The lowest BCUT2D eigenvalue weighted by Gasteiger charge is -2.17. The van der Waals surface area contributed by atoms with E-state index in [1.54, 1.807) is 6.92 Å². The van der Waals surface area contributed by atoms with Crippen molar-refractivity contribution in [3.8, 4) is 23.0 Å². The monoisotopic (exact) mass is 865 g/mol. The summed E-state index contributed by atoms with van der Waals surface area (Å²) in [6.07, 6.45) is 44.6. The molecule has 1 rings (SSSR count). The van der Waals surface area contributed by atoms with Gasteiger partial charge in [-0.15, -0.1) is 0 Å². The summed E-state index contributed by atoms with van der Waals surface area (Å²) in [5.41, 5.74) is 15.9. The maximum absolute atomic E-state index is 10.7. The highest BCUT2D eigenvalue weighted by Gasteiger charge is 2.22. The van der Waals surface area contributed by atoms with Gasteiger partial charge in [0.25, 0.3) is 0 Å². The first-order valence-corrected chi connectivity index (χ1v) is 24.2. The third-order valence-electron chi connectivity index (χ3n) is 12.1. The molecule has 0 saturated carbocycles. The number of ether oxygens (including phenoxy) is 2. The molecule has 1 aromatic carbocycles. The topological polar surface area (TPSA) is 58.9 Å². The van der Waals surface area contributed by atoms with Crippen molar-refractivity contribution < 1.29 is 19.7 Å². The van der Waals surface area contributed by atoms with Gasteiger partial charge in [-0.3, -0.25) is 0 Å². The van der Waals surface area contributed by atoms with Crippen LogP contribution in [0.2, 0.25) is 0 Å². The van der Waals surface area contributed by atoms with E-state index >= 15 is 0 Å². The number of hydrogen-bond acceptors (Lipinski definition) is 4. The molecule has 4 heteroatoms. The van der Waals surface area contributed by atoms with Gasteiger partial charge < -0.3 is 19.7 Å². The molecule has 0 aliphatic heterocycles. The Morgan fingerprint density at radius 2 is 0.571 bits per heavy atom. The fourth-order valence-corrected chi connectivity index (χ4v) is 7.62. The molecule has 0 heterocycles. The van der Waals surface area contributed by atoms with E-state index < -0.39 is 0 Å². The molecule has 1 aromatic rings. The predicted octanol–water partition coefficient (Wildman–Crippen LogP) is 18.5. The zero-order chi connectivity index (χ0) is 47.2. The van der Waals surface area contributed by atoms with Gasteiger partial charge in [0.15, 0.2) is 11.5 Å². The molecular weight excluding hydrogens is 773 g/mol. The van der Waals surface area contributed by atoms with Gasteiger partial charge in [-0.2, -0.15) is 0 Å². The Morgan fingerprint density at radius 1 is 0.349 bits per heavy atom. The van der Waals surface area contributed by atoms with E-state index in [1.807, 2.05) is 0 Å². The fraction of sp³-hybridized carbons (Fsp3) is 0.559. The highest BCUT2D eigenvalue weighted by atomic mass is 16.5. The molecule has 0 aliphatic rings. The molecule has 63 heavy (non-hydrogen) atoms. The van der Waals surface area contributed by atoms with Crippen molar-refractivity contribution in [1.29, 1.82) is 0 Å². The van der Waals surface area contributed by atoms with E-state index in [2.05, 4.69) is 137 Å². The average molecular weight is 865 g/mol. The van der Waals surface area contributed by atoms with Crippen LogP contribution in [-0.2, 0) is 6.42 Å². The summed E-state index contributed by atoms with van der Waals surface area (Å²) in [6, 6.07) is 0. The highest BCUT2D eigenvalue weighted by molar-refractivity contribution is 5.66. The Morgan fingerprint density at radius 3 is 0.810 bits per heavy atom. The second-order valence-electron chi connectivity index (χ2n) is 18.7. The Bertz CT molecular complexity index is 1840. The Labute approximate surface area is 388 Å². The number of rotatable bonds is 31. The molecule has 4 nitrogen and oxygen atoms in total. The molecule has 0 aromatic heterocycles. The van der Waals surface area contributed by atoms with Crippen molar-refractivity contribution in [3.63, 3.8) is 0 Å². The van der Waals surface area contributed by atoms with Crippen LogP contribution < -0.4 is 9.47 Å². The van der Waals surface area contributed by atoms with Crippen LogP contribution in [0.25, 0.3) is 0 Å². The summed E-state index contributed by atoms with van der Waals surface area (Å²) < 4.78 is 10.5. The molecule has 2 N–H and O–H groups in total. The predicted molar refractivity (Wildman–Crippen MR) is 278 cm³/mol. The minimum Gasteiger partial charge on any atom is -0.504 e. The Hall–Kier alpha value is -4.18. The smallest absolute Gasteiger partial charge is 0.207 e. The van der Waals surface area contributed by atoms with Gasteiger partial charge >= 0.3 is 0 Å². The molecule has 0 amide bonds. The van der Waals surface area contributed by atoms with Crippen LogP contribution in [0.4, 0.5) is 0 Å². The molecule has 0 atom stereocenters. The number of phenolic OH excluding ortho intramolecular Hbond substituents is 2. The van der Waals surface area contributed by atoms with Crippen molar-refractivity contribution in [1.82, 2.24) is 0 Å². The average Bonchev–Trinajstić information content (AvgIpc) is 3.21. The molecule has 0 fully saturated rings. The lowest BCUT2D eigenvalue weighted by Crippen LogP contribution is -1.98. The van der Waals surface area contributed by atoms with Gasteiger partial charge in [-0.1, -0.05) is 116 Å². The molecule has 0 spiro atoms. The molecule has 0 unspecified atom stereocenters. The summed E-state index contributed by atoms with van der Waals surface area (Å²) >= 11 is 0. The second-order valence-corrected chi connectivity index (χ2v) is 18.7. The number of hydrogen-bond donors (Lipinski definition) is 2. The van der Waals surface area contributed by atoms with Gasteiger partial charge in [0, 0.05) is 11.1 Å². The minimum atomic E-state index is 0.00634. The van der Waals surface area contributed by atoms with E-state index in [1.165, 1.54) is 89.2 Å². The normalized spacial score (nSPS) is 14.2. The summed E-state index contributed by atoms with van der Waals surface area (Å²) in [6.45, 7) is 26.5. The van der Waals surface area contributed by atoms with Gasteiger partial charge in [0.2, 0.25) is 11.5 Å². The van der Waals surface area contributed by atoms with E-state index in [4.69, 9.17) is 9.47 Å².